The lowest BCUT2D eigenvalue weighted by Crippen LogP contribution is -2.36. The molecule has 0 amide bonds. The van der Waals surface area contributed by atoms with Crippen LogP contribution < -0.4 is 5.73 Å². The molecule has 1 aromatic carbocycles. The smallest absolute Gasteiger partial charge is 0.0650 e. The molecule has 0 bridgehead atoms. The summed E-state index contributed by atoms with van der Waals surface area (Å²) in [7, 11) is 0. The molecule has 0 saturated heterocycles. The third kappa shape index (κ3) is 2.56. The Hall–Kier alpha value is -0.860. The van der Waals surface area contributed by atoms with Crippen molar-refractivity contribution in [2.75, 3.05) is 6.61 Å². The van der Waals surface area contributed by atoms with Crippen LogP contribution in [-0.2, 0) is 12.0 Å². The number of aliphatic hydroxyl groups is 1. The van der Waals surface area contributed by atoms with Gasteiger partial charge in [0.05, 0.1) is 12.1 Å². The summed E-state index contributed by atoms with van der Waals surface area (Å²) >= 11 is 0. The van der Waals surface area contributed by atoms with Crippen molar-refractivity contribution in [1.29, 1.82) is 0 Å². The molecule has 0 aliphatic rings. The molecule has 1 rings (SSSR count). The molecule has 3 N–H and O–H groups in total. The van der Waals surface area contributed by atoms with E-state index in [0.29, 0.717) is 0 Å². The minimum absolute atomic E-state index is 0.0277. The molecule has 78 valence electrons. The summed E-state index contributed by atoms with van der Waals surface area (Å²) in [6.07, 6.45) is 2.25. The summed E-state index contributed by atoms with van der Waals surface area (Å²) in [6.45, 7) is 3.97. The van der Waals surface area contributed by atoms with E-state index in [1.165, 1.54) is 5.56 Å². The fourth-order valence-corrected chi connectivity index (χ4v) is 1.43. The van der Waals surface area contributed by atoms with E-state index >= 15 is 0 Å². The molecule has 1 aromatic rings. The summed E-state index contributed by atoms with van der Waals surface area (Å²) in [5.41, 5.74) is 7.60. The lowest BCUT2D eigenvalue weighted by molar-refractivity contribution is 0.210. The van der Waals surface area contributed by atoms with Crippen LogP contribution in [0.5, 0.6) is 0 Å². The highest BCUT2D eigenvalue weighted by Crippen LogP contribution is 2.17. The number of nitrogens with two attached hydrogens (primary N) is 1. The highest BCUT2D eigenvalue weighted by Gasteiger charge is 2.19. The molecular weight excluding hydrogens is 174 g/mol. The van der Waals surface area contributed by atoms with Gasteiger partial charge in [-0.2, -0.15) is 0 Å². The van der Waals surface area contributed by atoms with Gasteiger partial charge in [0.25, 0.3) is 0 Å². The minimum atomic E-state index is -0.620. The van der Waals surface area contributed by atoms with Gasteiger partial charge in [0.1, 0.15) is 0 Å². The number of hydrogen-bond donors (Lipinski definition) is 2. The zero-order chi connectivity index (χ0) is 10.6. The van der Waals surface area contributed by atoms with Crippen LogP contribution in [0.4, 0.5) is 0 Å². The minimum Gasteiger partial charge on any atom is -0.394 e. The molecule has 0 fully saturated rings. The molecule has 0 aromatic heterocycles. The van der Waals surface area contributed by atoms with Crippen molar-refractivity contribution in [2.24, 2.45) is 5.73 Å². The molecule has 0 aliphatic carbocycles. The Bertz CT molecular complexity index is 277. The second-order valence-corrected chi connectivity index (χ2v) is 4.02. The molecule has 0 radical (unpaired) electrons. The van der Waals surface area contributed by atoms with E-state index in [1.807, 2.05) is 19.1 Å². The van der Waals surface area contributed by atoms with E-state index in [2.05, 4.69) is 19.1 Å². The Kier molecular flexibility index (Phi) is 3.67. The second-order valence-electron chi connectivity index (χ2n) is 4.02. The van der Waals surface area contributed by atoms with Crippen molar-refractivity contribution < 1.29 is 5.11 Å². The molecular formula is C12H19NO. The van der Waals surface area contributed by atoms with Gasteiger partial charge in [-0.25, -0.2) is 0 Å². The maximum absolute atomic E-state index is 9.10. The van der Waals surface area contributed by atoms with Crippen molar-refractivity contribution in [3.05, 3.63) is 35.4 Å². The first-order valence-corrected chi connectivity index (χ1v) is 5.09. The Labute approximate surface area is 85.8 Å². The first-order chi connectivity index (χ1) is 6.60. The lowest BCUT2D eigenvalue weighted by Gasteiger charge is -2.22. The number of aliphatic hydroxyl groups excluding tert-OH is 1. The Morgan fingerprint density at radius 3 is 2.29 bits per heavy atom. The fraction of sp³-hybridized carbons (Fsp3) is 0.500. The van der Waals surface area contributed by atoms with Gasteiger partial charge >= 0.3 is 0 Å². The van der Waals surface area contributed by atoms with Crippen molar-refractivity contribution in [3.63, 3.8) is 0 Å². The molecule has 14 heavy (non-hydrogen) atoms. The van der Waals surface area contributed by atoms with Gasteiger partial charge in [-0.3, -0.25) is 0 Å². The van der Waals surface area contributed by atoms with Crippen LogP contribution in [-0.4, -0.2) is 11.7 Å². The van der Waals surface area contributed by atoms with Crippen LogP contribution in [0.3, 0.4) is 0 Å². The topological polar surface area (TPSA) is 46.2 Å². The normalized spacial score (nSPS) is 15.1. The molecule has 2 heteroatoms. The van der Waals surface area contributed by atoms with Crippen molar-refractivity contribution >= 4 is 0 Å². The van der Waals surface area contributed by atoms with Gasteiger partial charge in [0, 0.05) is 0 Å². The number of aryl methyl sites for hydroxylation is 1. The third-order valence-electron chi connectivity index (χ3n) is 2.48. The third-order valence-corrected chi connectivity index (χ3v) is 2.48. The van der Waals surface area contributed by atoms with Gasteiger partial charge < -0.3 is 10.8 Å². The molecule has 0 heterocycles. The Balaban J connectivity index is 2.82. The van der Waals surface area contributed by atoms with Gasteiger partial charge in [-0.15, -0.1) is 0 Å². The number of benzene rings is 1. The first kappa shape index (κ1) is 11.2. The zero-order valence-corrected chi connectivity index (χ0v) is 8.96. The summed E-state index contributed by atoms with van der Waals surface area (Å²) in [5.74, 6) is 0. The quantitative estimate of drug-likeness (QED) is 0.766. The highest BCUT2D eigenvalue weighted by atomic mass is 16.3. The predicted molar refractivity (Wildman–Crippen MR) is 59.1 cm³/mol. The predicted octanol–water partition coefficient (Wildman–Crippen LogP) is 1.81. The van der Waals surface area contributed by atoms with E-state index < -0.39 is 5.54 Å². The number of hydrogen-bond acceptors (Lipinski definition) is 2. The van der Waals surface area contributed by atoms with Crippen molar-refractivity contribution in [1.82, 2.24) is 0 Å². The van der Waals surface area contributed by atoms with Crippen LogP contribution >= 0.6 is 0 Å². The van der Waals surface area contributed by atoms with Gasteiger partial charge in [0.2, 0.25) is 0 Å². The van der Waals surface area contributed by atoms with Gasteiger partial charge in [-0.1, -0.05) is 37.6 Å². The van der Waals surface area contributed by atoms with Crippen LogP contribution in [0.2, 0.25) is 0 Å². The van der Waals surface area contributed by atoms with Crippen LogP contribution in [0, 0.1) is 0 Å². The maximum Gasteiger partial charge on any atom is 0.0650 e. The fourth-order valence-electron chi connectivity index (χ4n) is 1.43. The lowest BCUT2D eigenvalue weighted by atomic mass is 9.93. The van der Waals surface area contributed by atoms with Crippen LogP contribution in [0.1, 0.15) is 31.4 Å². The van der Waals surface area contributed by atoms with E-state index in [9.17, 15) is 0 Å². The van der Waals surface area contributed by atoms with Gasteiger partial charge in [-0.05, 0) is 24.5 Å². The molecule has 0 saturated carbocycles. The molecule has 0 spiro atoms. The van der Waals surface area contributed by atoms with Crippen molar-refractivity contribution in [3.8, 4) is 0 Å². The maximum atomic E-state index is 9.10. The van der Waals surface area contributed by atoms with E-state index in [1.54, 1.807) is 0 Å². The SMILES string of the molecule is CCCc1ccc(C(C)(N)CO)cc1. The second kappa shape index (κ2) is 4.58. The monoisotopic (exact) mass is 193 g/mol. The first-order valence-electron chi connectivity index (χ1n) is 5.09. The van der Waals surface area contributed by atoms with Gasteiger partial charge in [0.15, 0.2) is 0 Å². The number of rotatable bonds is 4. The van der Waals surface area contributed by atoms with Crippen LogP contribution in [0.25, 0.3) is 0 Å². The van der Waals surface area contributed by atoms with E-state index in [4.69, 9.17) is 10.8 Å². The van der Waals surface area contributed by atoms with Crippen LogP contribution in [0.15, 0.2) is 24.3 Å². The molecule has 1 unspecified atom stereocenters. The summed E-state index contributed by atoms with van der Waals surface area (Å²) in [4.78, 5) is 0. The summed E-state index contributed by atoms with van der Waals surface area (Å²) < 4.78 is 0. The summed E-state index contributed by atoms with van der Waals surface area (Å²) in [6, 6.07) is 8.17. The largest absolute Gasteiger partial charge is 0.394 e. The zero-order valence-electron chi connectivity index (χ0n) is 8.96. The molecule has 0 aliphatic heterocycles. The Morgan fingerprint density at radius 2 is 1.86 bits per heavy atom. The molecule has 1 atom stereocenters. The van der Waals surface area contributed by atoms with Crippen molar-refractivity contribution in [2.45, 2.75) is 32.2 Å². The average Bonchev–Trinajstić information content (AvgIpc) is 2.19. The summed E-state index contributed by atoms with van der Waals surface area (Å²) in [5, 5.41) is 9.10. The van der Waals surface area contributed by atoms with E-state index in [-0.39, 0.29) is 6.61 Å². The van der Waals surface area contributed by atoms with E-state index in [0.717, 1.165) is 18.4 Å². The Morgan fingerprint density at radius 1 is 1.29 bits per heavy atom. The molecule has 2 nitrogen and oxygen atoms in total. The highest BCUT2D eigenvalue weighted by molar-refractivity contribution is 5.27. The standard InChI is InChI=1S/C12H19NO/c1-3-4-10-5-7-11(8-6-10)12(2,13)9-14/h5-8,14H,3-4,9,13H2,1-2H3. The average molecular weight is 193 g/mol.